The van der Waals surface area contributed by atoms with Gasteiger partial charge in [0.15, 0.2) is 0 Å². The Morgan fingerprint density at radius 2 is 1.65 bits per heavy atom. The van der Waals surface area contributed by atoms with Crippen molar-refractivity contribution >= 4 is 5.91 Å². The maximum Gasteiger partial charge on any atom is 0.234 e. The molecule has 0 unspecified atom stereocenters. The van der Waals surface area contributed by atoms with E-state index in [2.05, 4.69) is 22.8 Å². The molecular formula is C14H24N2O. The molecule has 3 heteroatoms. The van der Waals surface area contributed by atoms with Gasteiger partial charge in [0.1, 0.15) is 0 Å². The topological polar surface area (TPSA) is 41.1 Å². The van der Waals surface area contributed by atoms with Gasteiger partial charge in [0.25, 0.3) is 0 Å². The molecule has 0 aromatic carbocycles. The second kappa shape index (κ2) is 6.80. The second-order valence-corrected chi connectivity index (χ2v) is 5.28. The van der Waals surface area contributed by atoms with E-state index in [0.717, 1.165) is 25.7 Å². The number of hydrogen-bond donors (Lipinski definition) is 2. The molecule has 0 atom stereocenters. The van der Waals surface area contributed by atoms with Gasteiger partial charge in [0.2, 0.25) is 5.91 Å². The fourth-order valence-corrected chi connectivity index (χ4v) is 2.72. The molecule has 0 spiro atoms. The minimum absolute atomic E-state index is 0.170. The van der Waals surface area contributed by atoms with Crippen molar-refractivity contribution in [2.24, 2.45) is 0 Å². The maximum absolute atomic E-state index is 11.8. The highest BCUT2D eigenvalue weighted by Gasteiger charge is 2.16. The molecule has 1 fully saturated rings. The third-order valence-electron chi connectivity index (χ3n) is 3.78. The van der Waals surface area contributed by atoms with Gasteiger partial charge in [0.05, 0.1) is 6.54 Å². The fourth-order valence-electron chi connectivity index (χ4n) is 2.72. The van der Waals surface area contributed by atoms with E-state index < -0.39 is 0 Å². The zero-order valence-electron chi connectivity index (χ0n) is 10.6. The van der Waals surface area contributed by atoms with Crippen molar-refractivity contribution < 1.29 is 4.79 Å². The lowest BCUT2D eigenvalue weighted by molar-refractivity contribution is -0.121. The van der Waals surface area contributed by atoms with Gasteiger partial charge in [-0.1, -0.05) is 37.8 Å². The number of rotatable bonds is 4. The molecule has 2 aliphatic carbocycles. The van der Waals surface area contributed by atoms with E-state index in [1.807, 2.05) is 0 Å². The van der Waals surface area contributed by atoms with E-state index in [1.54, 1.807) is 0 Å². The molecule has 0 saturated heterocycles. The van der Waals surface area contributed by atoms with Crippen molar-refractivity contribution in [1.82, 2.24) is 10.6 Å². The van der Waals surface area contributed by atoms with E-state index in [0.29, 0.717) is 18.6 Å². The summed E-state index contributed by atoms with van der Waals surface area (Å²) in [4.78, 5) is 11.8. The highest BCUT2D eigenvalue weighted by molar-refractivity contribution is 5.78. The quantitative estimate of drug-likeness (QED) is 0.580. The van der Waals surface area contributed by atoms with Gasteiger partial charge >= 0.3 is 0 Å². The number of hydrogen-bond acceptors (Lipinski definition) is 2. The van der Waals surface area contributed by atoms with Crippen molar-refractivity contribution in [3.8, 4) is 0 Å². The summed E-state index contributed by atoms with van der Waals surface area (Å²) in [5, 5.41) is 6.47. The van der Waals surface area contributed by atoms with E-state index in [4.69, 9.17) is 0 Å². The van der Waals surface area contributed by atoms with Gasteiger partial charge in [-0.3, -0.25) is 4.79 Å². The molecule has 3 nitrogen and oxygen atoms in total. The molecule has 0 aromatic heterocycles. The summed E-state index contributed by atoms with van der Waals surface area (Å²) in [7, 11) is 0. The van der Waals surface area contributed by atoms with Gasteiger partial charge in [0, 0.05) is 12.1 Å². The Bertz CT molecular complexity index is 259. The Kier molecular flexibility index (Phi) is 5.05. The van der Waals surface area contributed by atoms with Crippen LogP contribution in [0.25, 0.3) is 0 Å². The molecule has 2 rings (SSSR count). The number of carbonyl (C=O) groups is 1. The highest BCUT2D eigenvalue weighted by Crippen LogP contribution is 2.17. The van der Waals surface area contributed by atoms with Crippen LogP contribution in [0.5, 0.6) is 0 Å². The van der Waals surface area contributed by atoms with E-state index >= 15 is 0 Å². The standard InChI is InChI=1S/C14H24N2O/c17-14(11-15-12-7-5-6-8-12)16-13-9-3-1-2-4-10-13/h5-6,12-13,15H,1-4,7-11H2,(H,16,17). The second-order valence-electron chi connectivity index (χ2n) is 5.28. The largest absolute Gasteiger partial charge is 0.352 e. The zero-order chi connectivity index (χ0) is 11.9. The number of nitrogens with one attached hydrogen (secondary N) is 2. The minimum atomic E-state index is 0.170. The summed E-state index contributed by atoms with van der Waals surface area (Å²) in [6.45, 7) is 0.475. The van der Waals surface area contributed by atoms with Gasteiger partial charge in [-0.25, -0.2) is 0 Å². The van der Waals surface area contributed by atoms with E-state index in [1.165, 1.54) is 25.7 Å². The number of amides is 1. The molecule has 1 saturated carbocycles. The minimum Gasteiger partial charge on any atom is -0.352 e. The van der Waals surface area contributed by atoms with Gasteiger partial charge in [-0.2, -0.15) is 0 Å². The predicted octanol–water partition coefficient (Wildman–Crippen LogP) is 2.13. The fraction of sp³-hybridized carbons (Fsp3) is 0.786. The summed E-state index contributed by atoms with van der Waals surface area (Å²) in [5.74, 6) is 0.170. The molecule has 2 N–H and O–H groups in total. The summed E-state index contributed by atoms with van der Waals surface area (Å²) in [6.07, 6.45) is 14.0. The average Bonchev–Trinajstić information content (AvgIpc) is 2.72. The first kappa shape index (κ1) is 12.6. The monoisotopic (exact) mass is 236 g/mol. The van der Waals surface area contributed by atoms with Gasteiger partial charge < -0.3 is 10.6 Å². The van der Waals surface area contributed by atoms with Crippen molar-refractivity contribution in [3.05, 3.63) is 12.2 Å². The van der Waals surface area contributed by atoms with Crippen molar-refractivity contribution in [2.75, 3.05) is 6.54 Å². The Hall–Kier alpha value is -0.830. The molecule has 0 aromatic rings. The Morgan fingerprint density at radius 3 is 2.29 bits per heavy atom. The summed E-state index contributed by atoms with van der Waals surface area (Å²) in [6, 6.07) is 0.906. The highest BCUT2D eigenvalue weighted by atomic mass is 16.1. The molecule has 1 amide bonds. The summed E-state index contributed by atoms with van der Waals surface area (Å²) < 4.78 is 0. The van der Waals surface area contributed by atoms with Crippen molar-refractivity contribution in [2.45, 2.75) is 63.5 Å². The molecule has 2 aliphatic rings. The Morgan fingerprint density at radius 1 is 1.00 bits per heavy atom. The first-order chi connectivity index (χ1) is 8.34. The van der Waals surface area contributed by atoms with Crippen molar-refractivity contribution in [3.63, 3.8) is 0 Å². The lowest BCUT2D eigenvalue weighted by atomic mass is 10.1. The van der Waals surface area contributed by atoms with Crippen LogP contribution in [0.4, 0.5) is 0 Å². The molecular weight excluding hydrogens is 212 g/mol. The lowest BCUT2D eigenvalue weighted by Gasteiger charge is -2.17. The van der Waals surface area contributed by atoms with Crippen LogP contribution in [-0.4, -0.2) is 24.5 Å². The molecule has 0 aliphatic heterocycles. The van der Waals surface area contributed by atoms with Crippen molar-refractivity contribution in [1.29, 1.82) is 0 Å². The van der Waals surface area contributed by atoms with Crippen LogP contribution >= 0.6 is 0 Å². The van der Waals surface area contributed by atoms with Crippen LogP contribution in [0.2, 0.25) is 0 Å². The maximum atomic E-state index is 11.8. The SMILES string of the molecule is O=C(CNC1CC=CC1)NC1CCCCCC1. The molecule has 0 radical (unpaired) electrons. The summed E-state index contributed by atoms with van der Waals surface area (Å²) in [5.41, 5.74) is 0. The average molecular weight is 236 g/mol. The van der Waals surface area contributed by atoms with Crippen LogP contribution in [0.15, 0.2) is 12.2 Å². The van der Waals surface area contributed by atoms with Gasteiger partial charge in [-0.15, -0.1) is 0 Å². The normalized spacial score (nSPS) is 22.6. The predicted molar refractivity (Wildman–Crippen MR) is 69.8 cm³/mol. The van der Waals surface area contributed by atoms with Crippen LogP contribution in [0.1, 0.15) is 51.4 Å². The molecule has 96 valence electrons. The van der Waals surface area contributed by atoms with Gasteiger partial charge in [-0.05, 0) is 25.7 Å². The summed E-state index contributed by atoms with van der Waals surface area (Å²) >= 11 is 0. The third-order valence-corrected chi connectivity index (χ3v) is 3.78. The Balaban J connectivity index is 1.62. The first-order valence-electron chi connectivity index (χ1n) is 7.02. The van der Waals surface area contributed by atoms with Crippen LogP contribution in [-0.2, 0) is 4.79 Å². The lowest BCUT2D eigenvalue weighted by Crippen LogP contribution is -2.42. The van der Waals surface area contributed by atoms with E-state index in [9.17, 15) is 4.79 Å². The van der Waals surface area contributed by atoms with Crippen LogP contribution < -0.4 is 10.6 Å². The van der Waals surface area contributed by atoms with E-state index in [-0.39, 0.29) is 5.91 Å². The van der Waals surface area contributed by atoms with Crippen LogP contribution in [0, 0.1) is 0 Å². The molecule has 0 bridgehead atoms. The van der Waals surface area contributed by atoms with Crippen LogP contribution in [0.3, 0.4) is 0 Å². The zero-order valence-corrected chi connectivity index (χ0v) is 10.6. The molecule has 0 heterocycles. The number of carbonyl (C=O) groups excluding carboxylic acids is 1. The Labute approximate surface area is 104 Å². The smallest absolute Gasteiger partial charge is 0.234 e. The molecule has 17 heavy (non-hydrogen) atoms. The first-order valence-corrected chi connectivity index (χ1v) is 7.02. The third kappa shape index (κ3) is 4.50.